The van der Waals surface area contributed by atoms with Gasteiger partial charge in [0.1, 0.15) is 0 Å². The highest BCUT2D eigenvalue weighted by atomic mass is 35.5. The smallest absolute Gasteiger partial charge is 0.306 e. The molecule has 0 amide bonds. The molecule has 0 radical (unpaired) electrons. The maximum atomic E-state index is 11.2. The van der Waals surface area contributed by atoms with E-state index in [2.05, 4.69) is 0 Å². The number of nitrogens with two attached hydrogens (primary N) is 1. The Kier molecular flexibility index (Phi) is 21.6. The molecule has 0 unspecified atom stereocenters. The Hall–Kier alpha value is 0.320. The molecule has 7 heteroatoms. The number of hydrogen-bond acceptors (Lipinski definition) is 5. The van der Waals surface area contributed by atoms with Crippen LogP contribution in [0.3, 0.4) is 0 Å². The number of carbonyl (C=O) groups excluding carboxylic acids is 1. The summed E-state index contributed by atoms with van der Waals surface area (Å²) in [5.41, 5.74) is 5.35. The number of halogens is 2. The molecule has 0 aromatic carbocycles. The van der Waals surface area contributed by atoms with Crippen LogP contribution in [-0.4, -0.2) is 43.3 Å². The monoisotopic (exact) mass is 306 g/mol. The van der Waals surface area contributed by atoms with Crippen LogP contribution in [-0.2, 0) is 9.53 Å². The van der Waals surface area contributed by atoms with E-state index in [0.717, 1.165) is 25.0 Å². The van der Waals surface area contributed by atoms with Crippen molar-refractivity contribution in [3.63, 3.8) is 0 Å². The third-order valence-electron chi connectivity index (χ3n) is 1.77. The summed E-state index contributed by atoms with van der Waals surface area (Å²) in [5, 5.41) is 0. The second-order valence-electron chi connectivity index (χ2n) is 3.47. The first kappa shape index (κ1) is 22.5. The normalized spacial score (nSPS) is 9.41. The van der Waals surface area contributed by atoms with Crippen molar-refractivity contribution < 1.29 is 9.53 Å². The molecule has 0 spiro atoms. The first-order valence-electron chi connectivity index (χ1n) is 5.32. The maximum absolute atomic E-state index is 11.2. The third kappa shape index (κ3) is 18.9. The minimum Gasteiger partial charge on any atom is -0.466 e. The van der Waals surface area contributed by atoms with Gasteiger partial charge in [-0.1, -0.05) is 11.9 Å². The fourth-order valence-electron chi connectivity index (χ4n) is 0.993. The Balaban J connectivity index is -0.000000980. The number of nitrogens with zero attached hydrogens (tertiary/aromatic N) is 1. The summed E-state index contributed by atoms with van der Waals surface area (Å²) in [4.78, 5) is 11.2. The highest BCUT2D eigenvalue weighted by Gasteiger charge is 2.02. The fraction of sp³-hybridized carbons (Fsp3) is 0.900. The largest absolute Gasteiger partial charge is 0.466 e. The standard InChI is InChI=1S/C10H22N2O2S.2ClH/c1-12(2)15-9-6-10(13)14-8-5-3-4-7-11;;/h3-9,11H2,1-2H3;2*1H. The zero-order chi connectivity index (χ0) is 11.5. The lowest BCUT2D eigenvalue weighted by molar-refractivity contribution is -0.143. The lowest BCUT2D eigenvalue weighted by atomic mass is 10.2. The third-order valence-corrected chi connectivity index (χ3v) is 2.67. The van der Waals surface area contributed by atoms with Crippen molar-refractivity contribution in [2.24, 2.45) is 5.73 Å². The van der Waals surface area contributed by atoms with Gasteiger partial charge in [-0.05, 0) is 39.9 Å². The molecule has 2 N–H and O–H groups in total. The average molecular weight is 307 g/mol. The summed E-state index contributed by atoms with van der Waals surface area (Å²) in [6, 6.07) is 0. The van der Waals surface area contributed by atoms with Crippen LogP contribution in [0.25, 0.3) is 0 Å². The summed E-state index contributed by atoms with van der Waals surface area (Å²) < 4.78 is 7.04. The maximum Gasteiger partial charge on any atom is 0.306 e. The molecule has 0 atom stereocenters. The van der Waals surface area contributed by atoms with E-state index in [1.807, 2.05) is 18.4 Å². The van der Waals surface area contributed by atoms with E-state index in [0.29, 0.717) is 19.6 Å². The highest BCUT2D eigenvalue weighted by Crippen LogP contribution is 2.05. The molecule has 0 aliphatic rings. The number of hydrogen-bond donors (Lipinski definition) is 1. The molecule has 4 nitrogen and oxygen atoms in total. The minimum absolute atomic E-state index is 0. The Morgan fingerprint density at radius 1 is 1.24 bits per heavy atom. The van der Waals surface area contributed by atoms with E-state index in [1.165, 1.54) is 0 Å². The molecule has 0 bridgehead atoms. The SMILES string of the molecule is CN(C)SCCC(=O)OCCCCCN.Cl.Cl. The molecule has 0 aliphatic heterocycles. The van der Waals surface area contributed by atoms with Gasteiger partial charge in [0.2, 0.25) is 0 Å². The van der Waals surface area contributed by atoms with Gasteiger partial charge in [-0.2, -0.15) is 0 Å². The summed E-state index contributed by atoms with van der Waals surface area (Å²) in [7, 11) is 3.92. The first-order valence-corrected chi connectivity index (χ1v) is 6.27. The van der Waals surface area contributed by atoms with Crippen LogP contribution >= 0.6 is 36.8 Å². The molecule has 106 valence electrons. The summed E-state index contributed by atoms with van der Waals surface area (Å²) in [6.45, 7) is 1.25. The van der Waals surface area contributed by atoms with Gasteiger partial charge in [-0.3, -0.25) is 9.10 Å². The van der Waals surface area contributed by atoms with E-state index in [1.54, 1.807) is 11.9 Å². The second kappa shape index (κ2) is 16.3. The number of carbonyl (C=O) groups is 1. The number of rotatable bonds is 9. The zero-order valence-corrected chi connectivity index (χ0v) is 13.0. The molecule has 0 aromatic heterocycles. The van der Waals surface area contributed by atoms with Crippen molar-refractivity contribution >= 4 is 42.7 Å². The van der Waals surface area contributed by atoms with Crippen molar-refractivity contribution in [2.75, 3.05) is 33.0 Å². The summed E-state index contributed by atoms with van der Waals surface area (Å²) in [6.07, 6.45) is 3.45. The molecule has 0 aromatic rings. The molecule has 0 heterocycles. The van der Waals surface area contributed by atoms with Gasteiger partial charge in [0.05, 0.1) is 13.0 Å². The molecule has 0 aliphatic carbocycles. The second-order valence-corrected chi connectivity index (χ2v) is 4.86. The first-order chi connectivity index (χ1) is 7.16. The Morgan fingerprint density at radius 3 is 2.41 bits per heavy atom. The van der Waals surface area contributed by atoms with Crippen LogP contribution in [0.1, 0.15) is 25.7 Å². The van der Waals surface area contributed by atoms with Crippen LogP contribution in [0.5, 0.6) is 0 Å². The van der Waals surface area contributed by atoms with Crippen LogP contribution in [0.4, 0.5) is 0 Å². The van der Waals surface area contributed by atoms with E-state index in [9.17, 15) is 4.79 Å². The van der Waals surface area contributed by atoms with Crippen LogP contribution < -0.4 is 5.73 Å². The molecular formula is C10H24Cl2N2O2S. The highest BCUT2D eigenvalue weighted by molar-refractivity contribution is 7.96. The van der Waals surface area contributed by atoms with Gasteiger partial charge in [0.25, 0.3) is 0 Å². The summed E-state index contributed by atoms with van der Waals surface area (Å²) in [5.74, 6) is 0.686. The van der Waals surface area contributed by atoms with Crippen molar-refractivity contribution in [1.82, 2.24) is 4.31 Å². The van der Waals surface area contributed by atoms with E-state index >= 15 is 0 Å². The van der Waals surface area contributed by atoms with E-state index < -0.39 is 0 Å². The van der Waals surface area contributed by atoms with Gasteiger partial charge in [0, 0.05) is 5.75 Å². The van der Waals surface area contributed by atoms with Crippen LogP contribution in [0.2, 0.25) is 0 Å². The molecule has 0 saturated heterocycles. The van der Waals surface area contributed by atoms with Gasteiger partial charge in [-0.25, -0.2) is 0 Å². The molecule has 17 heavy (non-hydrogen) atoms. The predicted octanol–water partition coefficient (Wildman–Crippen LogP) is 2.10. The quantitative estimate of drug-likeness (QED) is 0.402. The lowest BCUT2D eigenvalue weighted by Crippen LogP contribution is -2.09. The van der Waals surface area contributed by atoms with E-state index in [4.69, 9.17) is 10.5 Å². The van der Waals surface area contributed by atoms with Crippen LogP contribution in [0.15, 0.2) is 0 Å². The number of ether oxygens (including phenoxy) is 1. The summed E-state index contributed by atoms with van der Waals surface area (Å²) >= 11 is 1.62. The fourth-order valence-corrected chi connectivity index (χ4v) is 1.62. The van der Waals surface area contributed by atoms with Crippen molar-refractivity contribution in [1.29, 1.82) is 0 Å². The Morgan fingerprint density at radius 2 is 1.88 bits per heavy atom. The van der Waals surface area contributed by atoms with E-state index in [-0.39, 0.29) is 30.8 Å². The number of unbranched alkanes of at least 4 members (excludes halogenated alkanes) is 2. The number of esters is 1. The zero-order valence-electron chi connectivity index (χ0n) is 10.5. The Labute approximate surface area is 121 Å². The predicted molar refractivity (Wildman–Crippen MR) is 79.1 cm³/mol. The topological polar surface area (TPSA) is 55.6 Å². The molecule has 0 rings (SSSR count). The van der Waals surface area contributed by atoms with Crippen LogP contribution in [0, 0.1) is 0 Å². The lowest BCUT2D eigenvalue weighted by Gasteiger charge is -2.08. The van der Waals surface area contributed by atoms with Crippen molar-refractivity contribution in [3.8, 4) is 0 Å². The van der Waals surface area contributed by atoms with Crippen molar-refractivity contribution in [2.45, 2.75) is 25.7 Å². The minimum atomic E-state index is -0.0999. The van der Waals surface area contributed by atoms with Crippen molar-refractivity contribution in [3.05, 3.63) is 0 Å². The molecule has 0 fully saturated rings. The molecule has 0 saturated carbocycles. The Bertz CT molecular complexity index is 174. The molecular weight excluding hydrogens is 283 g/mol. The average Bonchev–Trinajstić information content (AvgIpc) is 2.17. The van der Waals surface area contributed by atoms with Gasteiger partial charge in [-0.15, -0.1) is 24.8 Å². The van der Waals surface area contributed by atoms with Gasteiger partial charge < -0.3 is 10.5 Å². The van der Waals surface area contributed by atoms with Gasteiger partial charge in [0.15, 0.2) is 0 Å². The van der Waals surface area contributed by atoms with Gasteiger partial charge >= 0.3 is 5.97 Å².